The fourth-order valence-corrected chi connectivity index (χ4v) is 6.03. The molecule has 3 heteroatoms. The molecule has 1 atom stereocenters. The highest BCUT2D eigenvalue weighted by molar-refractivity contribution is 5.89. The zero-order chi connectivity index (χ0) is 21.8. The van der Waals surface area contributed by atoms with E-state index in [1.165, 1.54) is 97.8 Å². The maximum Gasteiger partial charge on any atom is 0.0461 e. The van der Waals surface area contributed by atoms with E-state index in [1.807, 2.05) is 12.4 Å². The molecule has 168 valence electrons. The minimum absolute atomic E-state index is 0.402. The van der Waals surface area contributed by atoms with E-state index in [1.54, 1.807) is 0 Å². The number of hydrogen-bond acceptors (Lipinski definition) is 2. The number of nitrogens with one attached hydrogen (secondary N) is 1. The second-order valence-electron chi connectivity index (χ2n) is 9.84. The summed E-state index contributed by atoms with van der Waals surface area (Å²) in [5.41, 5.74) is 7.46. The van der Waals surface area contributed by atoms with Gasteiger partial charge in [-0.3, -0.25) is 9.88 Å². The predicted octanol–water partition coefficient (Wildman–Crippen LogP) is 6.94. The SMILES string of the molecule is CCCCC1(N2CCCC2)CC=C(c2[nH]c3ccccc3c2CCc2ccncc2)CC1. The molecule has 0 saturated carbocycles. The smallest absolute Gasteiger partial charge is 0.0461 e. The van der Waals surface area contributed by atoms with Crippen LogP contribution in [0.4, 0.5) is 0 Å². The third kappa shape index (κ3) is 4.28. The summed E-state index contributed by atoms with van der Waals surface area (Å²) in [5, 5.41) is 1.39. The van der Waals surface area contributed by atoms with E-state index in [2.05, 4.69) is 64.3 Å². The highest BCUT2D eigenvalue weighted by Gasteiger charge is 2.38. The van der Waals surface area contributed by atoms with Gasteiger partial charge in [-0.25, -0.2) is 0 Å². The van der Waals surface area contributed by atoms with E-state index >= 15 is 0 Å². The molecule has 3 aromatic rings. The van der Waals surface area contributed by atoms with Crippen LogP contribution < -0.4 is 0 Å². The molecular weight excluding hydrogens is 390 g/mol. The molecule has 0 bridgehead atoms. The van der Waals surface area contributed by atoms with Crippen LogP contribution in [0.2, 0.25) is 0 Å². The number of fused-ring (bicyclic) bond motifs is 1. The van der Waals surface area contributed by atoms with Crippen molar-refractivity contribution in [1.29, 1.82) is 0 Å². The molecule has 1 unspecified atom stereocenters. The van der Waals surface area contributed by atoms with Gasteiger partial charge in [-0.15, -0.1) is 0 Å². The van der Waals surface area contributed by atoms with Gasteiger partial charge in [0.2, 0.25) is 0 Å². The zero-order valence-corrected chi connectivity index (χ0v) is 19.6. The van der Waals surface area contributed by atoms with E-state index in [-0.39, 0.29) is 0 Å². The molecule has 0 spiro atoms. The molecule has 1 N–H and O–H groups in total. The highest BCUT2D eigenvalue weighted by atomic mass is 15.2. The Morgan fingerprint density at radius 2 is 1.84 bits per heavy atom. The van der Waals surface area contributed by atoms with Gasteiger partial charge in [0.15, 0.2) is 0 Å². The van der Waals surface area contributed by atoms with Gasteiger partial charge in [0.05, 0.1) is 0 Å². The molecule has 3 nitrogen and oxygen atoms in total. The highest BCUT2D eigenvalue weighted by Crippen LogP contribution is 2.42. The fourth-order valence-electron chi connectivity index (χ4n) is 6.03. The molecule has 1 saturated heterocycles. The molecule has 2 aliphatic rings. The van der Waals surface area contributed by atoms with Gasteiger partial charge >= 0.3 is 0 Å². The van der Waals surface area contributed by atoms with E-state index in [9.17, 15) is 0 Å². The predicted molar refractivity (Wildman–Crippen MR) is 135 cm³/mol. The molecule has 1 aromatic carbocycles. The number of nitrogens with zero attached hydrogens (tertiary/aromatic N) is 2. The van der Waals surface area contributed by atoms with Crippen LogP contribution in [0.1, 0.15) is 75.1 Å². The molecule has 2 aromatic heterocycles. The van der Waals surface area contributed by atoms with E-state index in [0.29, 0.717) is 5.54 Å². The Morgan fingerprint density at radius 1 is 1.03 bits per heavy atom. The Balaban J connectivity index is 1.44. The van der Waals surface area contributed by atoms with Gasteiger partial charge in [0.25, 0.3) is 0 Å². The van der Waals surface area contributed by atoms with Crippen molar-refractivity contribution >= 4 is 16.5 Å². The first kappa shape index (κ1) is 21.5. The summed E-state index contributed by atoms with van der Waals surface area (Å²) in [4.78, 5) is 10.8. The molecule has 1 aliphatic heterocycles. The number of H-pyrrole nitrogens is 1. The Labute approximate surface area is 192 Å². The van der Waals surface area contributed by atoms with E-state index < -0.39 is 0 Å². The number of benzene rings is 1. The lowest BCUT2D eigenvalue weighted by molar-refractivity contribution is 0.0930. The summed E-state index contributed by atoms with van der Waals surface area (Å²) in [6.45, 7) is 4.94. The molecule has 3 heterocycles. The lowest BCUT2D eigenvalue weighted by Crippen LogP contribution is -2.48. The number of allylic oxidation sites excluding steroid dienone is 1. The quantitative estimate of drug-likeness (QED) is 0.422. The van der Waals surface area contributed by atoms with Crippen LogP contribution in [0.15, 0.2) is 54.9 Å². The maximum atomic E-state index is 4.18. The molecule has 1 fully saturated rings. The van der Waals surface area contributed by atoms with Crippen molar-refractivity contribution in [2.45, 2.75) is 76.7 Å². The average molecular weight is 428 g/mol. The van der Waals surface area contributed by atoms with Crippen LogP contribution in [-0.2, 0) is 12.8 Å². The Hall–Kier alpha value is -2.39. The summed E-state index contributed by atoms with van der Waals surface area (Å²) in [5.74, 6) is 0. The molecule has 5 rings (SSSR count). The summed E-state index contributed by atoms with van der Waals surface area (Å²) in [7, 11) is 0. The standard InChI is InChI=1S/C29H37N3/c1-2-3-16-29(32-21-6-7-22-32)17-12-24(13-18-29)28-26(11-10-23-14-19-30-20-15-23)25-8-4-5-9-27(25)31-28/h4-5,8-9,12,14-15,19-20,31H,2-3,6-7,10-11,13,16-18,21-22H2,1H3. The number of aromatic amines is 1. The molecule has 32 heavy (non-hydrogen) atoms. The van der Waals surface area contributed by atoms with Gasteiger partial charge in [0, 0.05) is 34.5 Å². The summed E-state index contributed by atoms with van der Waals surface area (Å²) < 4.78 is 0. The number of rotatable bonds is 8. The number of likely N-dealkylation sites (tertiary alicyclic amines) is 1. The second kappa shape index (κ2) is 9.62. The van der Waals surface area contributed by atoms with Crippen molar-refractivity contribution in [2.24, 2.45) is 0 Å². The average Bonchev–Trinajstić information content (AvgIpc) is 3.51. The molecule has 0 radical (unpaired) electrons. The van der Waals surface area contributed by atoms with Crippen LogP contribution in [-0.4, -0.2) is 33.5 Å². The summed E-state index contributed by atoms with van der Waals surface area (Å²) in [6.07, 6.45) is 19.0. The number of unbranched alkanes of at least 4 members (excludes halogenated alkanes) is 1. The Bertz CT molecular complexity index is 1060. The second-order valence-corrected chi connectivity index (χ2v) is 9.84. The largest absolute Gasteiger partial charge is 0.355 e. The molecule has 0 amide bonds. The van der Waals surface area contributed by atoms with Crippen LogP contribution >= 0.6 is 0 Å². The van der Waals surface area contributed by atoms with Gasteiger partial charge in [-0.1, -0.05) is 44.0 Å². The molecular formula is C29H37N3. The number of aromatic nitrogens is 2. The maximum absolute atomic E-state index is 4.18. The first-order valence-electron chi connectivity index (χ1n) is 12.7. The van der Waals surface area contributed by atoms with E-state index in [4.69, 9.17) is 0 Å². The first-order valence-corrected chi connectivity index (χ1v) is 12.7. The monoisotopic (exact) mass is 427 g/mol. The van der Waals surface area contributed by atoms with Gasteiger partial charge in [0.1, 0.15) is 0 Å². The minimum atomic E-state index is 0.402. The van der Waals surface area contributed by atoms with Crippen LogP contribution in [0.3, 0.4) is 0 Å². The fraction of sp³-hybridized carbons (Fsp3) is 0.483. The van der Waals surface area contributed by atoms with Crippen molar-refractivity contribution in [3.8, 4) is 0 Å². The summed E-state index contributed by atoms with van der Waals surface area (Å²) in [6, 6.07) is 13.1. The lowest BCUT2D eigenvalue weighted by atomic mass is 9.76. The Morgan fingerprint density at radius 3 is 2.59 bits per heavy atom. The molecule has 1 aliphatic carbocycles. The number of aryl methyl sites for hydroxylation is 2. The van der Waals surface area contributed by atoms with Gasteiger partial charge < -0.3 is 4.98 Å². The number of pyridine rings is 1. The zero-order valence-electron chi connectivity index (χ0n) is 19.6. The third-order valence-corrected chi connectivity index (χ3v) is 7.91. The van der Waals surface area contributed by atoms with Crippen LogP contribution in [0, 0.1) is 0 Å². The van der Waals surface area contributed by atoms with Crippen molar-refractivity contribution in [3.05, 3.63) is 71.7 Å². The first-order chi connectivity index (χ1) is 15.8. The van der Waals surface area contributed by atoms with Crippen molar-refractivity contribution < 1.29 is 0 Å². The summed E-state index contributed by atoms with van der Waals surface area (Å²) >= 11 is 0. The van der Waals surface area contributed by atoms with Gasteiger partial charge in [-0.05, 0) is 99.4 Å². The normalized spacial score (nSPS) is 21.8. The third-order valence-electron chi connectivity index (χ3n) is 7.91. The van der Waals surface area contributed by atoms with Crippen LogP contribution in [0.5, 0.6) is 0 Å². The lowest BCUT2D eigenvalue weighted by Gasteiger charge is -2.44. The number of para-hydroxylation sites is 1. The number of hydrogen-bond donors (Lipinski definition) is 1. The van der Waals surface area contributed by atoms with Crippen molar-refractivity contribution in [1.82, 2.24) is 14.9 Å². The van der Waals surface area contributed by atoms with E-state index in [0.717, 1.165) is 12.8 Å². The Kier molecular flexibility index (Phi) is 6.45. The van der Waals surface area contributed by atoms with Crippen LogP contribution in [0.25, 0.3) is 16.5 Å². The van der Waals surface area contributed by atoms with Gasteiger partial charge in [-0.2, -0.15) is 0 Å². The van der Waals surface area contributed by atoms with Crippen molar-refractivity contribution in [2.75, 3.05) is 13.1 Å². The minimum Gasteiger partial charge on any atom is -0.355 e. The van der Waals surface area contributed by atoms with Crippen molar-refractivity contribution in [3.63, 3.8) is 0 Å². The topological polar surface area (TPSA) is 31.9 Å².